The van der Waals surface area contributed by atoms with Gasteiger partial charge in [-0.15, -0.1) is 9.24 Å². The lowest BCUT2D eigenvalue weighted by Crippen LogP contribution is -2.09. The number of hydrogen-bond donors (Lipinski definition) is 2. The lowest BCUT2D eigenvalue weighted by molar-refractivity contribution is 0.244. The van der Waals surface area contributed by atoms with Crippen molar-refractivity contribution in [1.82, 2.24) is 15.0 Å². The Kier molecular flexibility index (Phi) is 3.76. The third kappa shape index (κ3) is 2.98. The summed E-state index contributed by atoms with van der Waals surface area (Å²) >= 11 is 0. The number of H-pyrrole nitrogens is 1. The first kappa shape index (κ1) is 13.8. The fraction of sp³-hybridized carbons (Fsp3) is 0.200. The Labute approximate surface area is 125 Å². The van der Waals surface area contributed by atoms with E-state index < -0.39 is 0 Å². The zero-order chi connectivity index (χ0) is 14.8. The van der Waals surface area contributed by atoms with E-state index in [1.54, 1.807) is 6.33 Å². The minimum atomic E-state index is 0.105. The quantitative estimate of drug-likeness (QED) is 0.727. The van der Waals surface area contributed by atoms with Crippen LogP contribution in [-0.2, 0) is 0 Å². The Hall–Kier alpha value is -2.13. The number of fused-ring (bicyclic) bond motifs is 1. The van der Waals surface area contributed by atoms with Crippen molar-refractivity contribution in [3.63, 3.8) is 0 Å². The van der Waals surface area contributed by atoms with Gasteiger partial charge in [-0.1, -0.05) is 6.07 Å². The molecule has 3 rings (SSSR count). The predicted molar refractivity (Wildman–Crippen MR) is 88.7 cm³/mol. The predicted octanol–water partition coefficient (Wildman–Crippen LogP) is 2.99. The van der Waals surface area contributed by atoms with Gasteiger partial charge in [0, 0.05) is 6.20 Å². The maximum atomic E-state index is 5.86. The number of rotatable bonds is 4. The molecule has 3 aromatic rings. The highest BCUT2D eigenvalue weighted by atomic mass is 31.0. The summed E-state index contributed by atoms with van der Waals surface area (Å²) in [4.78, 5) is 11.7. The number of hydrogen-bond acceptors (Lipinski definition) is 4. The molecule has 0 saturated heterocycles. The van der Waals surface area contributed by atoms with Crippen molar-refractivity contribution < 1.29 is 4.74 Å². The van der Waals surface area contributed by atoms with Gasteiger partial charge in [0.05, 0.1) is 17.3 Å². The Bertz CT molecular complexity index is 769. The highest BCUT2D eigenvalue weighted by Gasteiger charge is 2.10. The molecule has 0 aliphatic rings. The summed E-state index contributed by atoms with van der Waals surface area (Å²) in [5.41, 5.74) is 2.63. The monoisotopic (exact) mass is 300 g/mol. The zero-order valence-corrected chi connectivity index (χ0v) is 13.1. The summed E-state index contributed by atoms with van der Waals surface area (Å²) < 4.78 is 5.86. The molecule has 0 spiro atoms. The number of benzene rings is 1. The second-order valence-corrected chi connectivity index (χ2v) is 5.67. The summed E-state index contributed by atoms with van der Waals surface area (Å²) in [6.07, 6.45) is 3.50. The number of aromatic nitrogens is 3. The first-order valence-electron chi connectivity index (χ1n) is 6.75. The van der Waals surface area contributed by atoms with Crippen molar-refractivity contribution in [2.24, 2.45) is 0 Å². The van der Waals surface area contributed by atoms with Gasteiger partial charge in [0.25, 0.3) is 0 Å². The molecule has 2 N–H and O–H groups in total. The molecule has 2 aromatic heterocycles. The maximum Gasteiger partial charge on any atom is 0.158 e. The molecule has 0 fully saturated rings. The van der Waals surface area contributed by atoms with Crippen molar-refractivity contribution in [3.8, 4) is 5.75 Å². The van der Waals surface area contributed by atoms with E-state index in [1.807, 2.05) is 44.3 Å². The van der Waals surface area contributed by atoms with E-state index in [-0.39, 0.29) is 6.10 Å². The van der Waals surface area contributed by atoms with Crippen LogP contribution in [0.3, 0.4) is 0 Å². The molecule has 0 radical (unpaired) electrons. The highest BCUT2D eigenvalue weighted by Crippen LogP contribution is 2.29. The lowest BCUT2D eigenvalue weighted by atomic mass is 10.2. The van der Waals surface area contributed by atoms with Crippen LogP contribution in [0.2, 0.25) is 0 Å². The molecule has 21 heavy (non-hydrogen) atoms. The van der Waals surface area contributed by atoms with Gasteiger partial charge in [-0.3, -0.25) is 0 Å². The van der Waals surface area contributed by atoms with Gasteiger partial charge in [0.2, 0.25) is 0 Å². The molecule has 0 saturated carbocycles. The van der Waals surface area contributed by atoms with E-state index in [2.05, 4.69) is 29.5 Å². The summed E-state index contributed by atoms with van der Waals surface area (Å²) in [5, 5.41) is 4.39. The van der Waals surface area contributed by atoms with Crippen LogP contribution < -0.4 is 15.4 Å². The minimum absolute atomic E-state index is 0.105. The maximum absolute atomic E-state index is 5.86. The molecular formula is C15H17N4OP. The minimum Gasteiger partial charge on any atom is -0.489 e. The van der Waals surface area contributed by atoms with Crippen LogP contribution in [0.5, 0.6) is 5.75 Å². The second-order valence-electron chi connectivity index (χ2n) is 5.01. The third-order valence-electron chi connectivity index (χ3n) is 2.97. The largest absolute Gasteiger partial charge is 0.489 e. The molecule has 1 aromatic carbocycles. The van der Waals surface area contributed by atoms with Crippen molar-refractivity contribution in [1.29, 1.82) is 0 Å². The van der Waals surface area contributed by atoms with Crippen LogP contribution in [-0.4, -0.2) is 21.1 Å². The number of nitrogens with zero attached hydrogens (tertiary/aromatic N) is 2. The van der Waals surface area contributed by atoms with E-state index in [0.29, 0.717) is 0 Å². The van der Waals surface area contributed by atoms with E-state index in [9.17, 15) is 0 Å². The van der Waals surface area contributed by atoms with E-state index in [4.69, 9.17) is 4.74 Å². The molecule has 1 unspecified atom stereocenters. The molecule has 0 aliphatic heterocycles. The van der Waals surface area contributed by atoms with Gasteiger partial charge in [0.15, 0.2) is 5.82 Å². The Balaban J connectivity index is 1.99. The smallest absolute Gasteiger partial charge is 0.158 e. The van der Waals surface area contributed by atoms with Crippen molar-refractivity contribution >= 4 is 37.1 Å². The van der Waals surface area contributed by atoms with Crippen LogP contribution >= 0.6 is 9.24 Å². The number of aromatic amines is 1. The molecule has 5 nitrogen and oxygen atoms in total. The van der Waals surface area contributed by atoms with Gasteiger partial charge >= 0.3 is 0 Å². The van der Waals surface area contributed by atoms with Crippen LogP contribution in [0.1, 0.15) is 13.8 Å². The summed E-state index contributed by atoms with van der Waals surface area (Å²) in [7, 11) is 2.68. The molecule has 1 atom stereocenters. The SMILES string of the molecule is CC(C)Oc1cc(P)ccc1Nc1ncnc2cc[nH]c12. The standard InChI is InChI=1S/C15H17N4OP/c1-9(2)20-13-7-10(21)3-4-11(13)19-15-14-12(5-6-16-14)17-8-18-15/h3-9,16H,21H2,1-2H3,(H,17,18,19). The average molecular weight is 300 g/mol. The fourth-order valence-corrected chi connectivity index (χ4v) is 2.34. The molecule has 0 bridgehead atoms. The molecular weight excluding hydrogens is 283 g/mol. The van der Waals surface area contributed by atoms with Gasteiger partial charge in [-0.2, -0.15) is 0 Å². The van der Waals surface area contributed by atoms with Crippen LogP contribution in [0.15, 0.2) is 36.8 Å². The average Bonchev–Trinajstić information content (AvgIpc) is 2.90. The summed E-state index contributed by atoms with van der Waals surface area (Å²) in [6.45, 7) is 4.01. The van der Waals surface area contributed by atoms with Crippen LogP contribution in [0, 0.1) is 0 Å². The molecule has 2 heterocycles. The first-order valence-corrected chi connectivity index (χ1v) is 7.32. The van der Waals surface area contributed by atoms with Gasteiger partial charge < -0.3 is 15.0 Å². The van der Waals surface area contributed by atoms with E-state index >= 15 is 0 Å². The van der Waals surface area contributed by atoms with Crippen molar-refractivity contribution in [2.45, 2.75) is 20.0 Å². The van der Waals surface area contributed by atoms with Crippen LogP contribution in [0.25, 0.3) is 11.0 Å². The zero-order valence-electron chi connectivity index (χ0n) is 11.9. The lowest BCUT2D eigenvalue weighted by Gasteiger charge is -2.16. The molecule has 0 aliphatic carbocycles. The molecule has 6 heteroatoms. The Morgan fingerprint density at radius 3 is 2.90 bits per heavy atom. The summed E-state index contributed by atoms with van der Waals surface area (Å²) in [5.74, 6) is 1.53. The topological polar surface area (TPSA) is 62.8 Å². The van der Waals surface area contributed by atoms with E-state index in [1.165, 1.54) is 0 Å². The van der Waals surface area contributed by atoms with Crippen LogP contribution in [0.4, 0.5) is 11.5 Å². The Morgan fingerprint density at radius 2 is 2.10 bits per heavy atom. The van der Waals surface area contributed by atoms with Gasteiger partial charge in [0.1, 0.15) is 17.6 Å². The van der Waals surface area contributed by atoms with Gasteiger partial charge in [-0.05, 0) is 37.4 Å². The van der Waals surface area contributed by atoms with Crippen molar-refractivity contribution in [3.05, 3.63) is 36.8 Å². The number of nitrogens with one attached hydrogen (secondary N) is 2. The number of anilines is 2. The summed E-state index contributed by atoms with van der Waals surface area (Å²) in [6, 6.07) is 7.89. The number of ether oxygens (including phenoxy) is 1. The van der Waals surface area contributed by atoms with Gasteiger partial charge in [-0.25, -0.2) is 9.97 Å². The second kappa shape index (κ2) is 5.70. The highest BCUT2D eigenvalue weighted by molar-refractivity contribution is 7.27. The molecule has 108 valence electrons. The van der Waals surface area contributed by atoms with Crippen molar-refractivity contribution in [2.75, 3.05) is 5.32 Å². The Morgan fingerprint density at radius 1 is 1.24 bits per heavy atom. The third-order valence-corrected chi connectivity index (χ3v) is 3.33. The molecule has 0 amide bonds. The van der Waals surface area contributed by atoms with E-state index in [0.717, 1.165) is 33.6 Å². The first-order chi connectivity index (χ1) is 10.1. The normalized spacial score (nSPS) is 11.0. The fourth-order valence-electron chi connectivity index (χ4n) is 2.09.